The average Bonchev–Trinajstić information content (AvgIpc) is 2.49. The quantitative estimate of drug-likeness (QED) is 0.513. The van der Waals surface area contributed by atoms with Gasteiger partial charge in [-0.15, -0.1) is 0 Å². The van der Waals surface area contributed by atoms with Crippen LogP contribution in [0, 0.1) is 17.0 Å². The van der Waals surface area contributed by atoms with E-state index < -0.39 is 10.8 Å². The monoisotopic (exact) mass is 302 g/mol. The molecule has 1 amide bonds. The SMILES string of the molecule is COc1ccc(C(=O)Nc2ccc(C)cc2O)cc1[N+](=O)[O-]. The van der Waals surface area contributed by atoms with Gasteiger partial charge in [0.2, 0.25) is 0 Å². The number of hydrogen-bond donors (Lipinski definition) is 2. The number of aryl methyl sites for hydroxylation is 1. The molecule has 0 spiro atoms. The van der Waals surface area contributed by atoms with Crippen LogP contribution >= 0.6 is 0 Å². The first-order valence-corrected chi connectivity index (χ1v) is 6.35. The van der Waals surface area contributed by atoms with Crippen LogP contribution in [-0.4, -0.2) is 23.0 Å². The van der Waals surface area contributed by atoms with E-state index in [0.29, 0.717) is 0 Å². The highest BCUT2D eigenvalue weighted by molar-refractivity contribution is 6.05. The van der Waals surface area contributed by atoms with Gasteiger partial charge in [0.1, 0.15) is 5.75 Å². The molecule has 0 aliphatic carbocycles. The molecule has 0 heterocycles. The summed E-state index contributed by atoms with van der Waals surface area (Å²) in [5, 5.41) is 23.2. The summed E-state index contributed by atoms with van der Waals surface area (Å²) in [5.41, 5.74) is 0.861. The van der Waals surface area contributed by atoms with Crippen LogP contribution in [0.2, 0.25) is 0 Å². The lowest BCUT2D eigenvalue weighted by Gasteiger charge is -2.09. The summed E-state index contributed by atoms with van der Waals surface area (Å²) in [6.45, 7) is 1.80. The van der Waals surface area contributed by atoms with E-state index in [-0.39, 0.29) is 28.4 Å². The van der Waals surface area contributed by atoms with Crippen molar-refractivity contribution in [2.24, 2.45) is 0 Å². The number of benzene rings is 2. The molecule has 114 valence electrons. The van der Waals surface area contributed by atoms with E-state index in [4.69, 9.17) is 4.74 Å². The molecule has 0 aliphatic rings. The summed E-state index contributed by atoms with van der Waals surface area (Å²) >= 11 is 0. The van der Waals surface area contributed by atoms with Crippen LogP contribution in [-0.2, 0) is 0 Å². The van der Waals surface area contributed by atoms with Gasteiger partial charge in [-0.25, -0.2) is 0 Å². The molecule has 2 N–H and O–H groups in total. The zero-order chi connectivity index (χ0) is 16.3. The molecule has 0 radical (unpaired) electrons. The fraction of sp³-hybridized carbons (Fsp3) is 0.133. The lowest BCUT2D eigenvalue weighted by atomic mass is 10.1. The Labute approximate surface area is 126 Å². The Morgan fingerprint density at radius 3 is 2.59 bits per heavy atom. The Morgan fingerprint density at radius 1 is 1.27 bits per heavy atom. The van der Waals surface area contributed by atoms with Crippen molar-refractivity contribution in [1.82, 2.24) is 0 Å². The highest BCUT2D eigenvalue weighted by atomic mass is 16.6. The maximum absolute atomic E-state index is 12.1. The zero-order valence-corrected chi connectivity index (χ0v) is 12.0. The number of anilines is 1. The van der Waals surface area contributed by atoms with Crippen LogP contribution in [0.4, 0.5) is 11.4 Å². The number of methoxy groups -OCH3 is 1. The number of carbonyl (C=O) groups is 1. The van der Waals surface area contributed by atoms with Gasteiger partial charge in [-0.2, -0.15) is 0 Å². The number of phenols is 1. The Hall–Kier alpha value is -3.09. The Bertz CT molecular complexity index is 743. The minimum atomic E-state index is -0.626. The smallest absolute Gasteiger partial charge is 0.311 e. The third-order valence-corrected chi connectivity index (χ3v) is 3.04. The molecule has 7 heteroatoms. The summed E-state index contributed by atoms with van der Waals surface area (Å²) in [7, 11) is 1.31. The fourth-order valence-electron chi connectivity index (χ4n) is 1.92. The molecule has 0 saturated heterocycles. The second-order valence-corrected chi connectivity index (χ2v) is 4.62. The Kier molecular flexibility index (Phi) is 4.26. The molecule has 0 saturated carbocycles. The van der Waals surface area contributed by atoms with Gasteiger partial charge in [0.05, 0.1) is 17.7 Å². The van der Waals surface area contributed by atoms with E-state index in [1.807, 2.05) is 0 Å². The summed E-state index contributed by atoms with van der Waals surface area (Å²) in [6, 6.07) is 8.67. The van der Waals surface area contributed by atoms with Crippen LogP contribution in [0.3, 0.4) is 0 Å². The van der Waals surface area contributed by atoms with Crippen molar-refractivity contribution in [3.63, 3.8) is 0 Å². The van der Waals surface area contributed by atoms with Gasteiger partial charge in [0.15, 0.2) is 5.75 Å². The topological polar surface area (TPSA) is 102 Å². The molecule has 0 bridgehead atoms. The highest BCUT2D eigenvalue weighted by Gasteiger charge is 2.18. The molecule has 0 fully saturated rings. The number of amides is 1. The van der Waals surface area contributed by atoms with E-state index in [9.17, 15) is 20.0 Å². The third-order valence-electron chi connectivity index (χ3n) is 3.04. The number of nitro benzene ring substituents is 1. The summed E-state index contributed by atoms with van der Waals surface area (Å²) < 4.78 is 4.88. The maximum Gasteiger partial charge on any atom is 0.311 e. The number of nitro groups is 1. The number of nitrogens with one attached hydrogen (secondary N) is 1. The number of phenolic OH excluding ortho intramolecular Hbond substituents is 1. The second-order valence-electron chi connectivity index (χ2n) is 4.62. The largest absolute Gasteiger partial charge is 0.506 e. The lowest BCUT2D eigenvalue weighted by molar-refractivity contribution is -0.385. The highest BCUT2D eigenvalue weighted by Crippen LogP contribution is 2.29. The first-order valence-electron chi connectivity index (χ1n) is 6.35. The number of hydrogen-bond acceptors (Lipinski definition) is 5. The second kappa shape index (κ2) is 6.13. The fourth-order valence-corrected chi connectivity index (χ4v) is 1.92. The van der Waals surface area contributed by atoms with E-state index >= 15 is 0 Å². The molecule has 0 aromatic heterocycles. The minimum absolute atomic E-state index is 0.0692. The Balaban J connectivity index is 2.30. The molecule has 0 unspecified atom stereocenters. The lowest BCUT2D eigenvalue weighted by Crippen LogP contribution is -2.12. The van der Waals surface area contributed by atoms with E-state index in [0.717, 1.165) is 11.6 Å². The summed E-state index contributed by atoms with van der Waals surface area (Å²) in [5.74, 6) is -0.569. The predicted octanol–water partition coefficient (Wildman–Crippen LogP) is 2.87. The molecule has 2 rings (SSSR count). The van der Waals surface area contributed by atoms with Crippen molar-refractivity contribution >= 4 is 17.3 Å². The molecular formula is C15H14N2O5. The van der Waals surface area contributed by atoms with Gasteiger partial charge in [0, 0.05) is 11.6 Å². The molecule has 0 aliphatic heterocycles. The number of carbonyl (C=O) groups excluding carboxylic acids is 1. The standard InChI is InChI=1S/C15H14N2O5/c1-9-3-5-11(13(18)7-9)16-15(19)10-4-6-14(22-2)12(8-10)17(20)21/h3-8,18H,1-2H3,(H,16,19). The third kappa shape index (κ3) is 3.14. The molecular weight excluding hydrogens is 288 g/mol. The van der Waals surface area contributed by atoms with Crippen molar-refractivity contribution in [3.8, 4) is 11.5 Å². The van der Waals surface area contributed by atoms with Crippen LogP contribution in [0.25, 0.3) is 0 Å². The molecule has 0 atom stereocenters. The van der Waals surface area contributed by atoms with Crippen molar-refractivity contribution in [1.29, 1.82) is 0 Å². The normalized spacial score (nSPS) is 10.1. The zero-order valence-electron chi connectivity index (χ0n) is 12.0. The number of aromatic hydroxyl groups is 1. The Morgan fingerprint density at radius 2 is 2.00 bits per heavy atom. The van der Waals surface area contributed by atoms with Crippen molar-refractivity contribution < 1.29 is 19.6 Å². The molecule has 7 nitrogen and oxygen atoms in total. The predicted molar refractivity (Wildman–Crippen MR) is 80.4 cm³/mol. The van der Waals surface area contributed by atoms with Gasteiger partial charge in [-0.1, -0.05) is 6.07 Å². The van der Waals surface area contributed by atoms with E-state index in [1.54, 1.807) is 19.1 Å². The van der Waals surface area contributed by atoms with Gasteiger partial charge < -0.3 is 15.2 Å². The van der Waals surface area contributed by atoms with E-state index in [2.05, 4.69) is 5.32 Å². The first kappa shape index (κ1) is 15.3. The van der Waals surface area contributed by atoms with Crippen LogP contribution in [0.15, 0.2) is 36.4 Å². The van der Waals surface area contributed by atoms with E-state index in [1.165, 1.54) is 25.3 Å². The van der Waals surface area contributed by atoms with Gasteiger partial charge in [-0.05, 0) is 36.8 Å². The van der Waals surface area contributed by atoms with Gasteiger partial charge in [0.25, 0.3) is 5.91 Å². The average molecular weight is 302 g/mol. The van der Waals surface area contributed by atoms with Crippen LogP contribution in [0.1, 0.15) is 15.9 Å². The number of nitrogens with zero attached hydrogens (tertiary/aromatic N) is 1. The van der Waals surface area contributed by atoms with Crippen LogP contribution in [0.5, 0.6) is 11.5 Å². The molecule has 22 heavy (non-hydrogen) atoms. The van der Waals surface area contributed by atoms with Gasteiger partial charge >= 0.3 is 5.69 Å². The number of rotatable bonds is 4. The minimum Gasteiger partial charge on any atom is -0.506 e. The van der Waals surface area contributed by atoms with Crippen molar-refractivity contribution in [2.45, 2.75) is 6.92 Å². The summed E-state index contributed by atoms with van der Waals surface area (Å²) in [4.78, 5) is 22.5. The molecule has 2 aromatic rings. The maximum atomic E-state index is 12.1. The van der Waals surface area contributed by atoms with Crippen molar-refractivity contribution in [2.75, 3.05) is 12.4 Å². The van der Waals surface area contributed by atoms with Crippen LogP contribution < -0.4 is 10.1 Å². The van der Waals surface area contributed by atoms with Gasteiger partial charge in [-0.3, -0.25) is 14.9 Å². The number of ether oxygens (including phenoxy) is 1. The summed E-state index contributed by atoms with van der Waals surface area (Å²) in [6.07, 6.45) is 0. The first-order chi connectivity index (χ1) is 10.4. The van der Waals surface area contributed by atoms with Crippen molar-refractivity contribution in [3.05, 3.63) is 57.6 Å². The molecule has 2 aromatic carbocycles.